The summed E-state index contributed by atoms with van der Waals surface area (Å²) in [4.78, 5) is 3.91. The minimum absolute atomic E-state index is 0.165. The maximum absolute atomic E-state index is 10.2. The van der Waals surface area contributed by atoms with Crippen LogP contribution in [0, 0.1) is 5.92 Å². The number of hydrogen-bond acceptors (Lipinski definition) is 4. The second-order valence-corrected chi connectivity index (χ2v) is 4.45. The lowest BCUT2D eigenvalue weighted by Gasteiger charge is -2.25. The molecule has 1 rings (SSSR count). The van der Waals surface area contributed by atoms with Crippen LogP contribution in [0.25, 0.3) is 0 Å². The molecule has 90 valence electrons. The largest absolute Gasteiger partial charge is 0.386 e. The van der Waals surface area contributed by atoms with E-state index in [1.54, 1.807) is 13.2 Å². The van der Waals surface area contributed by atoms with Crippen LogP contribution in [0.1, 0.15) is 25.5 Å². The summed E-state index contributed by atoms with van der Waals surface area (Å²) in [7, 11) is 1.56. The summed E-state index contributed by atoms with van der Waals surface area (Å²) in [5, 5.41) is 10.6. The van der Waals surface area contributed by atoms with Crippen LogP contribution in [0.2, 0.25) is 5.02 Å². The number of aliphatic hydroxyl groups excluding tert-OH is 1. The lowest BCUT2D eigenvalue weighted by Crippen LogP contribution is -2.27. The van der Waals surface area contributed by atoms with Crippen molar-refractivity contribution in [3.05, 3.63) is 22.8 Å². The van der Waals surface area contributed by atoms with Gasteiger partial charge >= 0.3 is 0 Å². The molecule has 0 aliphatic rings. The zero-order valence-corrected chi connectivity index (χ0v) is 10.4. The van der Waals surface area contributed by atoms with Crippen LogP contribution < -0.4 is 5.73 Å². The second-order valence-electron chi connectivity index (χ2n) is 4.02. The molecule has 2 atom stereocenters. The van der Waals surface area contributed by atoms with Gasteiger partial charge in [0, 0.05) is 18.9 Å². The van der Waals surface area contributed by atoms with Crippen LogP contribution in [0.3, 0.4) is 0 Å². The van der Waals surface area contributed by atoms with Crippen molar-refractivity contribution in [2.45, 2.75) is 26.1 Å². The first-order chi connectivity index (χ1) is 7.47. The molecule has 0 amide bonds. The Labute approximate surface area is 100 Å². The normalized spacial score (nSPS) is 15.1. The van der Waals surface area contributed by atoms with Gasteiger partial charge in [-0.3, -0.25) is 0 Å². The number of pyridine rings is 1. The first-order valence-electron chi connectivity index (χ1n) is 5.09. The molecule has 2 unspecified atom stereocenters. The van der Waals surface area contributed by atoms with E-state index in [2.05, 4.69) is 4.98 Å². The van der Waals surface area contributed by atoms with Crippen LogP contribution >= 0.6 is 11.6 Å². The summed E-state index contributed by atoms with van der Waals surface area (Å²) < 4.78 is 5.25. The Bertz CT molecular complexity index is 358. The molecule has 0 saturated heterocycles. The van der Waals surface area contributed by atoms with Crippen LogP contribution in [0.4, 0.5) is 5.82 Å². The fourth-order valence-electron chi connectivity index (χ4n) is 1.65. The van der Waals surface area contributed by atoms with Crippen molar-refractivity contribution >= 4 is 17.4 Å². The Balaban J connectivity index is 3.02. The Morgan fingerprint density at radius 3 is 2.62 bits per heavy atom. The summed E-state index contributed by atoms with van der Waals surface area (Å²) in [6, 6.07) is 1.61. The van der Waals surface area contributed by atoms with E-state index in [1.807, 2.05) is 13.8 Å². The maximum atomic E-state index is 10.2. The van der Waals surface area contributed by atoms with Crippen LogP contribution in [0.5, 0.6) is 0 Å². The molecule has 0 aliphatic carbocycles. The number of aromatic nitrogens is 1. The van der Waals surface area contributed by atoms with Crippen molar-refractivity contribution in [1.29, 1.82) is 0 Å². The van der Waals surface area contributed by atoms with Crippen molar-refractivity contribution in [2.75, 3.05) is 12.8 Å². The Morgan fingerprint density at radius 1 is 1.50 bits per heavy atom. The number of hydrogen-bond donors (Lipinski definition) is 2. The predicted octanol–water partition coefficient (Wildman–Crippen LogP) is 2.02. The molecule has 4 nitrogen and oxygen atoms in total. The van der Waals surface area contributed by atoms with E-state index >= 15 is 0 Å². The summed E-state index contributed by atoms with van der Waals surface area (Å²) in [6.07, 6.45) is 0.295. The highest BCUT2D eigenvalue weighted by Crippen LogP contribution is 2.28. The second kappa shape index (κ2) is 5.48. The molecule has 1 aromatic heterocycles. The van der Waals surface area contributed by atoms with Gasteiger partial charge in [0.1, 0.15) is 11.9 Å². The number of nitrogens with zero attached hydrogens (tertiary/aromatic N) is 1. The molecule has 0 aliphatic heterocycles. The van der Waals surface area contributed by atoms with Crippen molar-refractivity contribution in [3.63, 3.8) is 0 Å². The molecule has 5 heteroatoms. The number of nitrogen functional groups attached to an aromatic ring is 1. The molecule has 0 bridgehead atoms. The summed E-state index contributed by atoms with van der Waals surface area (Å²) in [5.41, 5.74) is 6.21. The monoisotopic (exact) mass is 244 g/mol. The molecule has 0 aromatic carbocycles. The third-order valence-corrected chi connectivity index (χ3v) is 2.68. The molecule has 0 saturated carbocycles. The van der Waals surface area contributed by atoms with Crippen molar-refractivity contribution in [1.82, 2.24) is 4.98 Å². The van der Waals surface area contributed by atoms with Crippen LogP contribution in [-0.2, 0) is 4.74 Å². The van der Waals surface area contributed by atoms with Gasteiger partial charge in [-0.1, -0.05) is 25.4 Å². The molecule has 0 spiro atoms. The third kappa shape index (κ3) is 2.84. The fraction of sp³-hybridized carbons (Fsp3) is 0.545. The van der Waals surface area contributed by atoms with Crippen molar-refractivity contribution < 1.29 is 9.84 Å². The minimum Gasteiger partial charge on any atom is -0.386 e. The minimum atomic E-state index is -0.823. The number of methoxy groups -OCH3 is 1. The first kappa shape index (κ1) is 13.2. The molecule has 1 aromatic rings. The van der Waals surface area contributed by atoms with Gasteiger partial charge in [-0.05, 0) is 12.0 Å². The highest BCUT2D eigenvalue weighted by molar-refractivity contribution is 6.30. The Morgan fingerprint density at radius 2 is 2.12 bits per heavy atom. The zero-order valence-electron chi connectivity index (χ0n) is 9.64. The number of anilines is 1. The summed E-state index contributed by atoms with van der Waals surface area (Å²) in [6.45, 7) is 3.93. The smallest absolute Gasteiger partial charge is 0.129 e. The van der Waals surface area contributed by atoms with Crippen LogP contribution in [-0.4, -0.2) is 23.3 Å². The van der Waals surface area contributed by atoms with Gasteiger partial charge in [-0.15, -0.1) is 0 Å². The molecule has 3 N–H and O–H groups in total. The lowest BCUT2D eigenvalue weighted by molar-refractivity contribution is -0.0388. The number of halogens is 1. The van der Waals surface area contributed by atoms with Crippen LogP contribution in [0.15, 0.2) is 12.3 Å². The van der Waals surface area contributed by atoms with E-state index in [0.29, 0.717) is 10.6 Å². The van der Waals surface area contributed by atoms with E-state index in [9.17, 15) is 5.11 Å². The van der Waals surface area contributed by atoms with Gasteiger partial charge in [0.25, 0.3) is 0 Å². The topological polar surface area (TPSA) is 68.4 Å². The third-order valence-electron chi connectivity index (χ3n) is 2.48. The lowest BCUT2D eigenvalue weighted by atomic mass is 9.96. The number of nitrogens with two attached hydrogens (primary N) is 1. The summed E-state index contributed by atoms with van der Waals surface area (Å²) >= 11 is 5.82. The molecular weight excluding hydrogens is 228 g/mol. The van der Waals surface area contributed by atoms with Gasteiger partial charge in [0.15, 0.2) is 0 Å². The van der Waals surface area contributed by atoms with Gasteiger partial charge < -0.3 is 15.6 Å². The number of aliphatic hydroxyl groups is 1. The van der Waals surface area contributed by atoms with E-state index in [-0.39, 0.29) is 17.8 Å². The standard InChI is InChI=1S/C11H17ClN2O2/c1-6(2)10(16-3)9(15)8-4-7(12)5-14-11(8)13/h4-6,9-10,15H,1-3H3,(H2,13,14). The van der Waals surface area contributed by atoms with Crippen molar-refractivity contribution in [3.8, 4) is 0 Å². The van der Waals surface area contributed by atoms with Crippen molar-refractivity contribution in [2.24, 2.45) is 5.92 Å². The quantitative estimate of drug-likeness (QED) is 0.850. The Hall–Kier alpha value is -0.840. The average Bonchev–Trinajstić information content (AvgIpc) is 2.22. The SMILES string of the molecule is COC(C(C)C)C(O)c1cc(Cl)cnc1N. The number of ether oxygens (including phenoxy) is 1. The van der Waals surface area contributed by atoms with E-state index < -0.39 is 6.10 Å². The highest BCUT2D eigenvalue weighted by atomic mass is 35.5. The maximum Gasteiger partial charge on any atom is 0.129 e. The average molecular weight is 245 g/mol. The predicted molar refractivity (Wildman–Crippen MR) is 64.3 cm³/mol. The van der Waals surface area contributed by atoms with E-state index in [4.69, 9.17) is 22.1 Å². The first-order valence-corrected chi connectivity index (χ1v) is 5.47. The molecular formula is C11H17ClN2O2. The fourth-order valence-corrected chi connectivity index (χ4v) is 1.81. The molecule has 1 heterocycles. The van der Waals surface area contributed by atoms with E-state index in [1.165, 1.54) is 6.20 Å². The molecule has 0 fully saturated rings. The molecule has 0 radical (unpaired) electrons. The van der Waals surface area contributed by atoms with Gasteiger partial charge in [0.2, 0.25) is 0 Å². The highest BCUT2D eigenvalue weighted by Gasteiger charge is 2.26. The summed E-state index contributed by atoms with van der Waals surface area (Å²) in [5.74, 6) is 0.443. The Kier molecular flexibility index (Phi) is 4.53. The van der Waals surface area contributed by atoms with E-state index in [0.717, 1.165) is 0 Å². The van der Waals surface area contributed by atoms with Gasteiger partial charge in [-0.25, -0.2) is 4.98 Å². The van der Waals surface area contributed by atoms with Gasteiger partial charge in [-0.2, -0.15) is 0 Å². The zero-order chi connectivity index (χ0) is 12.3. The number of rotatable bonds is 4. The molecule has 16 heavy (non-hydrogen) atoms. The van der Waals surface area contributed by atoms with Gasteiger partial charge in [0.05, 0.1) is 11.1 Å².